The highest BCUT2D eigenvalue weighted by Crippen LogP contribution is 2.18. The van der Waals surface area contributed by atoms with Gasteiger partial charge in [0.05, 0.1) is 5.05 Å². The molecule has 2 nitrogen and oxygen atoms in total. The third-order valence-electron chi connectivity index (χ3n) is 1.84. The number of pyridine rings is 1. The summed E-state index contributed by atoms with van der Waals surface area (Å²) in [7, 11) is 0. The first-order valence-electron chi connectivity index (χ1n) is 4.60. The van der Waals surface area contributed by atoms with Crippen LogP contribution in [-0.4, -0.2) is 20.9 Å². The van der Waals surface area contributed by atoms with Crippen molar-refractivity contribution in [2.24, 2.45) is 0 Å². The molecule has 0 saturated carbocycles. The predicted octanol–water partition coefficient (Wildman–Crippen LogP) is 3.49. The molecule has 0 atom stereocenters. The van der Waals surface area contributed by atoms with E-state index in [2.05, 4.69) is 4.98 Å². The number of hydrogen-bond donors (Lipinski definition) is 2. The van der Waals surface area contributed by atoms with Gasteiger partial charge in [0.25, 0.3) is 0 Å². The lowest BCUT2D eigenvalue weighted by Gasteiger charge is -2.02. The van der Waals surface area contributed by atoms with E-state index in [4.69, 9.17) is 28.3 Å². The molecule has 1 N–H and O–H groups in total. The van der Waals surface area contributed by atoms with Gasteiger partial charge in [0.15, 0.2) is 0 Å². The van der Waals surface area contributed by atoms with Gasteiger partial charge in [-0.05, 0) is 37.1 Å². The zero-order valence-electron chi connectivity index (χ0n) is 8.37. The number of thiol groups is 1. The van der Waals surface area contributed by atoms with E-state index in [1.54, 1.807) is 13.0 Å². The molecule has 5 heteroatoms. The number of rotatable bonds is 4. The minimum absolute atomic E-state index is 0.418. The van der Waals surface area contributed by atoms with Gasteiger partial charge in [-0.15, -0.1) is 0 Å². The first kappa shape index (κ1) is 13.0. The maximum Gasteiger partial charge on any atom is 0.134 e. The molecular weight excluding hydrogens is 253 g/mol. The van der Waals surface area contributed by atoms with Crippen molar-refractivity contribution in [3.8, 4) is 0 Å². The molecule has 0 spiro atoms. The monoisotopic (exact) mass is 265 g/mol. The summed E-state index contributed by atoms with van der Waals surface area (Å²) in [5.41, 5.74) is 1.01. The summed E-state index contributed by atoms with van der Waals surface area (Å²) in [5, 5.41) is 10.3. The van der Waals surface area contributed by atoms with Crippen molar-refractivity contribution in [3.05, 3.63) is 28.0 Å². The third kappa shape index (κ3) is 4.98. The molecule has 1 aromatic heterocycles. The largest absolute Gasteiger partial charge is 0.360 e. The Morgan fingerprint density at radius 2 is 2.20 bits per heavy atom. The Kier molecular flexibility index (Phi) is 5.61. The minimum Gasteiger partial charge on any atom is -0.360 e. The molecule has 15 heavy (non-hydrogen) atoms. The van der Waals surface area contributed by atoms with Gasteiger partial charge < -0.3 is 5.11 Å². The van der Waals surface area contributed by atoms with E-state index < -0.39 is 0 Å². The van der Waals surface area contributed by atoms with Crippen LogP contribution in [0.25, 0.3) is 0 Å². The Labute approximate surface area is 103 Å². The number of halogens is 2. The summed E-state index contributed by atoms with van der Waals surface area (Å²) < 4.78 is 0. The van der Waals surface area contributed by atoms with E-state index >= 15 is 0 Å². The lowest BCUT2D eigenvalue weighted by molar-refractivity contribution is 0.564. The van der Waals surface area contributed by atoms with Crippen LogP contribution >= 0.6 is 34.6 Å². The molecule has 0 saturated heterocycles. The zero-order valence-corrected chi connectivity index (χ0v) is 10.8. The Bertz CT molecular complexity index is 364. The van der Waals surface area contributed by atoms with Crippen molar-refractivity contribution < 1.29 is 5.11 Å². The summed E-state index contributed by atoms with van der Waals surface area (Å²) in [6.07, 6.45) is 1.84. The summed E-state index contributed by atoms with van der Waals surface area (Å²) >= 11 is 12.6. The van der Waals surface area contributed by atoms with Crippen LogP contribution in [-0.2, 0) is 6.42 Å². The van der Waals surface area contributed by atoms with Crippen LogP contribution in [0.1, 0.15) is 18.9 Å². The smallest absolute Gasteiger partial charge is 0.134 e. The topological polar surface area (TPSA) is 33.1 Å². The standard InChI is InChI=1S/C10H13Cl2NOS/c1-7(14)15-6-2-3-8-4-5-9(11)13-10(8)12/h4-5,14-15H,2-3,6H2,1H3. The molecule has 1 rings (SSSR count). The lowest BCUT2D eigenvalue weighted by atomic mass is 10.2. The van der Waals surface area contributed by atoms with Crippen molar-refractivity contribution >= 4 is 39.6 Å². The van der Waals surface area contributed by atoms with Gasteiger partial charge in [0.2, 0.25) is 0 Å². The number of aliphatic hydroxyl groups excluding tert-OH is 1. The number of nitrogens with zero attached hydrogens (tertiary/aromatic N) is 1. The maximum absolute atomic E-state index is 8.99. The molecule has 0 bridgehead atoms. The van der Waals surface area contributed by atoms with Crippen molar-refractivity contribution in [1.29, 1.82) is 0 Å². The average molecular weight is 266 g/mol. The van der Waals surface area contributed by atoms with Gasteiger partial charge in [-0.2, -0.15) is 11.4 Å². The van der Waals surface area contributed by atoms with Crippen molar-refractivity contribution in [2.45, 2.75) is 19.8 Å². The SMILES string of the molecule is CC(O)=[SH]CCCc1ccc(Cl)nc1Cl. The van der Waals surface area contributed by atoms with Gasteiger partial charge in [-0.1, -0.05) is 29.3 Å². The van der Waals surface area contributed by atoms with Crippen molar-refractivity contribution in [3.63, 3.8) is 0 Å². The van der Waals surface area contributed by atoms with Crippen LogP contribution in [0.5, 0.6) is 0 Å². The van der Waals surface area contributed by atoms with Crippen LogP contribution in [0.3, 0.4) is 0 Å². The predicted molar refractivity (Wildman–Crippen MR) is 69.7 cm³/mol. The normalized spacial score (nSPS) is 12.4. The molecule has 0 unspecified atom stereocenters. The number of aromatic nitrogens is 1. The van der Waals surface area contributed by atoms with E-state index in [1.165, 1.54) is 0 Å². The molecule has 0 aliphatic heterocycles. The first-order valence-corrected chi connectivity index (χ1v) is 6.44. The fourth-order valence-electron chi connectivity index (χ4n) is 1.14. The lowest BCUT2D eigenvalue weighted by Crippen LogP contribution is -1.92. The fraction of sp³-hybridized carbons (Fsp3) is 0.400. The Balaban J connectivity index is 2.47. The second kappa shape index (κ2) is 6.48. The zero-order chi connectivity index (χ0) is 11.3. The summed E-state index contributed by atoms with van der Waals surface area (Å²) in [4.78, 5) is 3.96. The number of aryl methyl sites for hydroxylation is 1. The molecule has 0 aliphatic carbocycles. The molecule has 84 valence electrons. The molecule has 0 fully saturated rings. The third-order valence-corrected chi connectivity index (χ3v) is 3.37. The molecule has 0 aromatic carbocycles. The van der Waals surface area contributed by atoms with E-state index in [1.807, 2.05) is 6.07 Å². The fourth-order valence-corrected chi connectivity index (χ4v) is 2.22. The number of hydrogen-bond acceptors (Lipinski definition) is 1. The highest BCUT2D eigenvalue weighted by Gasteiger charge is 2.01. The van der Waals surface area contributed by atoms with Gasteiger partial charge in [0.1, 0.15) is 10.3 Å². The summed E-state index contributed by atoms with van der Waals surface area (Å²) in [6.45, 7) is 1.71. The average Bonchev–Trinajstić information content (AvgIpc) is 2.14. The van der Waals surface area contributed by atoms with Crippen molar-refractivity contribution in [1.82, 2.24) is 4.98 Å². The van der Waals surface area contributed by atoms with Gasteiger partial charge in [-0.3, -0.25) is 0 Å². The molecule has 1 heterocycles. The highest BCUT2D eigenvalue weighted by molar-refractivity contribution is 7.98. The van der Waals surface area contributed by atoms with E-state index in [-0.39, 0.29) is 0 Å². The quantitative estimate of drug-likeness (QED) is 0.378. The Hall–Kier alpha value is -0.0900. The van der Waals surface area contributed by atoms with Crippen LogP contribution in [0.15, 0.2) is 12.1 Å². The van der Waals surface area contributed by atoms with Gasteiger partial charge in [0, 0.05) is 0 Å². The summed E-state index contributed by atoms with van der Waals surface area (Å²) in [6, 6.07) is 3.63. The Morgan fingerprint density at radius 3 is 2.80 bits per heavy atom. The van der Waals surface area contributed by atoms with Gasteiger partial charge >= 0.3 is 0 Å². The maximum atomic E-state index is 8.99. The van der Waals surface area contributed by atoms with E-state index in [0.717, 1.165) is 35.5 Å². The minimum atomic E-state index is 0.418. The van der Waals surface area contributed by atoms with E-state index in [0.29, 0.717) is 15.4 Å². The second-order valence-electron chi connectivity index (χ2n) is 3.12. The van der Waals surface area contributed by atoms with Crippen LogP contribution in [0.4, 0.5) is 0 Å². The van der Waals surface area contributed by atoms with Gasteiger partial charge in [-0.25, -0.2) is 4.98 Å². The molecule has 0 aliphatic rings. The molecule has 0 radical (unpaired) electrons. The van der Waals surface area contributed by atoms with E-state index in [9.17, 15) is 0 Å². The highest BCUT2D eigenvalue weighted by atomic mass is 35.5. The number of aliphatic hydroxyl groups is 1. The molecular formula is C10H13Cl2NOS. The van der Waals surface area contributed by atoms with Crippen LogP contribution in [0.2, 0.25) is 10.3 Å². The van der Waals surface area contributed by atoms with Crippen LogP contribution < -0.4 is 0 Å². The summed E-state index contributed by atoms with van der Waals surface area (Å²) in [5.74, 6) is 0.932. The van der Waals surface area contributed by atoms with Crippen LogP contribution in [0, 0.1) is 0 Å². The second-order valence-corrected chi connectivity index (χ2v) is 5.27. The molecule has 1 aromatic rings. The first-order chi connectivity index (χ1) is 7.09. The Morgan fingerprint density at radius 1 is 1.47 bits per heavy atom. The molecule has 0 amide bonds. The van der Waals surface area contributed by atoms with Crippen molar-refractivity contribution in [2.75, 3.05) is 5.75 Å².